The smallest absolute Gasteiger partial charge is 0.149 e. The third-order valence-corrected chi connectivity index (χ3v) is 4.87. The van der Waals surface area contributed by atoms with E-state index in [2.05, 4.69) is 11.1 Å². The van der Waals surface area contributed by atoms with Gasteiger partial charge >= 0.3 is 0 Å². The fraction of sp³-hybridized carbons (Fsp3) is 0.600. The van der Waals surface area contributed by atoms with Crippen molar-refractivity contribution in [1.82, 2.24) is 4.98 Å². The maximum Gasteiger partial charge on any atom is 0.149 e. The SMILES string of the molecule is CC1(C(=O)C2CCc3cccnc32)CCCC1N. The summed E-state index contributed by atoms with van der Waals surface area (Å²) in [6.07, 6.45) is 6.67. The van der Waals surface area contributed by atoms with E-state index in [0.717, 1.165) is 37.8 Å². The van der Waals surface area contributed by atoms with Gasteiger partial charge in [-0.3, -0.25) is 9.78 Å². The Balaban J connectivity index is 1.91. The van der Waals surface area contributed by atoms with Crippen molar-refractivity contribution in [3.05, 3.63) is 29.6 Å². The monoisotopic (exact) mass is 244 g/mol. The second-order valence-electron chi connectivity index (χ2n) is 5.92. The molecule has 0 aromatic carbocycles. The third-order valence-electron chi connectivity index (χ3n) is 4.87. The van der Waals surface area contributed by atoms with Crippen LogP contribution in [-0.4, -0.2) is 16.8 Å². The van der Waals surface area contributed by atoms with Crippen LogP contribution in [0.1, 0.15) is 49.8 Å². The van der Waals surface area contributed by atoms with Crippen LogP contribution in [0.3, 0.4) is 0 Å². The molecule has 0 radical (unpaired) electrons. The van der Waals surface area contributed by atoms with E-state index < -0.39 is 0 Å². The highest BCUT2D eigenvalue weighted by Gasteiger charge is 2.47. The highest BCUT2D eigenvalue weighted by atomic mass is 16.1. The normalized spacial score (nSPS) is 34.6. The van der Waals surface area contributed by atoms with Crippen LogP contribution in [0.25, 0.3) is 0 Å². The van der Waals surface area contributed by atoms with Crippen LogP contribution in [-0.2, 0) is 11.2 Å². The Kier molecular flexibility index (Phi) is 2.74. The van der Waals surface area contributed by atoms with E-state index >= 15 is 0 Å². The lowest BCUT2D eigenvalue weighted by molar-refractivity contribution is -0.129. The van der Waals surface area contributed by atoms with Gasteiger partial charge in [0.25, 0.3) is 0 Å². The van der Waals surface area contributed by atoms with Gasteiger partial charge in [-0.1, -0.05) is 19.4 Å². The number of rotatable bonds is 2. The van der Waals surface area contributed by atoms with Gasteiger partial charge in [0.05, 0.1) is 11.6 Å². The Morgan fingerprint density at radius 1 is 1.50 bits per heavy atom. The summed E-state index contributed by atoms with van der Waals surface area (Å²) in [6, 6.07) is 4.07. The van der Waals surface area contributed by atoms with Crippen molar-refractivity contribution in [2.24, 2.45) is 11.1 Å². The van der Waals surface area contributed by atoms with Crippen LogP contribution >= 0.6 is 0 Å². The Hall–Kier alpha value is -1.22. The number of pyridine rings is 1. The fourth-order valence-corrected chi connectivity index (χ4v) is 3.56. The molecule has 1 aromatic heterocycles. The van der Waals surface area contributed by atoms with E-state index in [1.54, 1.807) is 6.20 Å². The highest BCUT2D eigenvalue weighted by molar-refractivity contribution is 5.92. The minimum Gasteiger partial charge on any atom is -0.327 e. The summed E-state index contributed by atoms with van der Waals surface area (Å²) in [5.41, 5.74) is 8.08. The minimum atomic E-state index is -0.330. The van der Waals surface area contributed by atoms with E-state index in [4.69, 9.17) is 5.73 Å². The topological polar surface area (TPSA) is 56.0 Å². The summed E-state index contributed by atoms with van der Waals surface area (Å²) in [6.45, 7) is 2.05. The van der Waals surface area contributed by atoms with Gasteiger partial charge in [0.15, 0.2) is 0 Å². The van der Waals surface area contributed by atoms with Gasteiger partial charge in [-0.2, -0.15) is 0 Å². The predicted octanol–water partition coefficient (Wildman–Crippen LogP) is 2.20. The number of carbonyl (C=O) groups is 1. The molecule has 0 bridgehead atoms. The van der Waals surface area contributed by atoms with Gasteiger partial charge in [-0.05, 0) is 37.3 Å². The standard InChI is InChI=1S/C15H20N2O/c1-15(8-2-5-12(15)16)14(18)11-7-6-10-4-3-9-17-13(10)11/h3-4,9,11-12H,2,5-8,16H2,1H3. The molecular weight excluding hydrogens is 224 g/mol. The summed E-state index contributed by atoms with van der Waals surface area (Å²) in [4.78, 5) is 17.3. The number of carbonyl (C=O) groups excluding carboxylic acids is 1. The van der Waals surface area contributed by atoms with Gasteiger partial charge in [0.2, 0.25) is 0 Å². The van der Waals surface area contributed by atoms with E-state index in [-0.39, 0.29) is 17.4 Å². The Morgan fingerprint density at radius 3 is 3.06 bits per heavy atom. The first-order valence-electron chi connectivity index (χ1n) is 6.86. The van der Waals surface area contributed by atoms with Crippen molar-refractivity contribution in [1.29, 1.82) is 0 Å². The van der Waals surface area contributed by atoms with Crippen LogP contribution < -0.4 is 5.73 Å². The molecule has 2 N–H and O–H groups in total. The summed E-state index contributed by atoms with van der Waals surface area (Å²) in [5.74, 6) is 0.306. The molecule has 2 aliphatic carbocycles. The molecule has 1 aromatic rings. The number of nitrogens with zero attached hydrogens (tertiary/aromatic N) is 1. The van der Waals surface area contributed by atoms with E-state index in [0.29, 0.717) is 5.78 Å². The number of fused-ring (bicyclic) bond motifs is 1. The highest BCUT2D eigenvalue weighted by Crippen LogP contribution is 2.44. The molecule has 0 aliphatic heterocycles. The van der Waals surface area contributed by atoms with Crippen molar-refractivity contribution < 1.29 is 4.79 Å². The van der Waals surface area contributed by atoms with Crippen LogP contribution in [0.5, 0.6) is 0 Å². The van der Waals surface area contributed by atoms with Gasteiger partial charge in [0, 0.05) is 17.7 Å². The van der Waals surface area contributed by atoms with E-state index in [9.17, 15) is 4.79 Å². The van der Waals surface area contributed by atoms with Crippen molar-refractivity contribution >= 4 is 5.78 Å². The molecule has 0 spiro atoms. The van der Waals surface area contributed by atoms with Crippen LogP contribution in [0.2, 0.25) is 0 Å². The number of nitrogens with two attached hydrogens (primary N) is 1. The lowest BCUT2D eigenvalue weighted by atomic mass is 9.75. The number of aryl methyl sites for hydroxylation is 1. The fourth-order valence-electron chi connectivity index (χ4n) is 3.56. The molecule has 3 nitrogen and oxygen atoms in total. The van der Waals surface area contributed by atoms with Gasteiger partial charge in [-0.25, -0.2) is 0 Å². The van der Waals surface area contributed by atoms with Crippen LogP contribution in [0.4, 0.5) is 0 Å². The molecule has 1 saturated carbocycles. The number of ketones is 1. The van der Waals surface area contributed by atoms with Crippen molar-refractivity contribution in [2.45, 2.75) is 51.0 Å². The lowest BCUT2D eigenvalue weighted by Gasteiger charge is -2.30. The molecule has 0 amide bonds. The third kappa shape index (κ3) is 1.61. The van der Waals surface area contributed by atoms with Gasteiger partial charge in [0.1, 0.15) is 5.78 Å². The second kappa shape index (κ2) is 4.16. The molecule has 3 rings (SSSR count). The molecule has 96 valence electrons. The summed E-state index contributed by atoms with van der Waals surface area (Å²) >= 11 is 0. The molecule has 2 aliphatic rings. The molecule has 18 heavy (non-hydrogen) atoms. The molecule has 1 fully saturated rings. The first-order valence-corrected chi connectivity index (χ1v) is 6.86. The van der Waals surface area contributed by atoms with Crippen molar-refractivity contribution in [2.75, 3.05) is 0 Å². The van der Waals surface area contributed by atoms with Gasteiger partial charge in [-0.15, -0.1) is 0 Å². The largest absolute Gasteiger partial charge is 0.327 e. The summed E-state index contributed by atoms with van der Waals surface area (Å²) in [5, 5.41) is 0. The average Bonchev–Trinajstić information content (AvgIpc) is 2.94. The lowest BCUT2D eigenvalue weighted by Crippen LogP contribution is -2.43. The molecule has 0 saturated heterocycles. The number of aromatic nitrogens is 1. The maximum atomic E-state index is 12.8. The van der Waals surface area contributed by atoms with Crippen molar-refractivity contribution in [3.63, 3.8) is 0 Å². The predicted molar refractivity (Wildman–Crippen MR) is 70.2 cm³/mol. The summed E-state index contributed by atoms with van der Waals surface area (Å²) in [7, 11) is 0. The summed E-state index contributed by atoms with van der Waals surface area (Å²) < 4.78 is 0. The molecule has 3 heteroatoms. The van der Waals surface area contributed by atoms with E-state index in [1.807, 2.05) is 13.0 Å². The zero-order valence-electron chi connectivity index (χ0n) is 10.9. The number of hydrogen-bond donors (Lipinski definition) is 1. The quantitative estimate of drug-likeness (QED) is 0.867. The van der Waals surface area contributed by atoms with Crippen LogP contribution in [0, 0.1) is 5.41 Å². The number of Topliss-reactive ketones (excluding diaryl/α,β-unsaturated/α-hetero) is 1. The first-order chi connectivity index (χ1) is 8.63. The minimum absolute atomic E-state index is 0.0182. The Bertz CT molecular complexity index is 485. The molecule has 1 heterocycles. The average molecular weight is 244 g/mol. The molecular formula is C15H20N2O. The van der Waals surface area contributed by atoms with Crippen LogP contribution in [0.15, 0.2) is 18.3 Å². The Labute approximate surface area is 108 Å². The zero-order chi connectivity index (χ0) is 12.8. The van der Waals surface area contributed by atoms with Gasteiger partial charge < -0.3 is 5.73 Å². The number of hydrogen-bond acceptors (Lipinski definition) is 3. The second-order valence-corrected chi connectivity index (χ2v) is 5.92. The Morgan fingerprint density at radius 2 is 2.33 bits per heavy atom. The zero-order valence-corrected chi connectivity index (χ0v) is 10.9. The molecule has 3 unspecified atom stereocenters. The molecule has 3 atom stereocenters. The first kappa shape index (κ1) is 11.8. The van der Waals surface area contributed by atoms with Crippen molar-refractivity contribution in [3.8, 4) is 0 Å². The van der Waals surface area contributed by atoms with E-state index in [1.165, 1.54) is 5.56 Å². The maximum absolute atomic E-state index is 12.8.